The summed E-state index contributed by atoms with van der Waals surface area (Å²) < 4.78 is 11.9. The number of carbonyl (C=O) groups is 1. The van der Waals surface area contributed by atoms with Gasteiger partial charge in [-0.2, -0.15) is 0 Å². The van der Waals surface area contributed by atoms with Gasteiger partial charge in [-0.15, -0.1) is 0 Å². The summed E-state index contributed by atoms with van der Waals surface area (Å²) in [7, 11) is 0. The monoisotopic (exact) mass is 379 g/mol. The smallest absolute Gasteiger partial charge is 0.253 e. The van der Waals surface area contributed by atoms with Crippen LogP contribution in [-0.2, 0) is 17.9 Å². The lowest BCUT2D eigenvalue weighted by molar-refractivity contribution is 0.0795. The summed E-state index contributed by atoms with van der Waals surface area (Å²) in [6.07, 6.45) is 2.31. The van der Waals surface area contributed by atoms with Crippen LogP contribution in [0.25, 0.3) is 0 Å². The molecule has 0 aliphatic carbocycles. The van der Waals surface area contributed by atoms with E-state index in [1.54, 1.807) is 0 Å². The highest BCUT2D eigenvalue weighted by Crippen LogP contribution is 2.33. The number of fused-ring (bicyclic) bond motifs is 2. The Morgan fingerprint density at radius 1 is 1.25 bits per heavy atom. The van der Waals surface area contributed by atoms with E-state index in [0.29, 0.717) is 13.2 Å². The second kappa shape index (κ2) is 6.78. The third kappa shape index (κ3) is 3.02. The van der Waals surface area contributed by atoms with Gasteiger partial charge in [0.1, 0.15) is 17.7 Å². The molecule has 5 rings (SSSR count). The number of aryl methyl sites for hydroxylation is 1. The first-order chi connectivity index (χ1) is 13.6. The van der Waals surface area contributed by atoms with Gasteiger partial charge in [0.25, 0.3) is 5.91 Å². The molecule has 1 amide bonds. The van der Waals surface area contributed by atoms with Gasteiger partial charge in [0.15, 0.2) is 0 Å². The first kappa shape index (κ1) is 17.5. The van der Waals surface area contributed by atoms with Crippen molar-refractivity contribution in [2.45, 2.75) is 52.0 Å². The fourth-order valence-electron chi connectivity index (χ4n) is 4.41. The number of piperidine rings is 1. The number of hydrogen-bond acceptors (Lipinski definition) is 5. The number of rotatable bonds is 3. The third-order valence-electron chi connectivity index (χ3n) is 6.01. The standard InChI is InChI=1S/C22H25N3O3/c1-13-9-19-20(11-23-22(19)26)24-21(13)25-7-5-16(6-8-25)28-17-3-4-18-14(2)27-12-15(18)10-17/h3-4,9-10,14,16H,5-8,11-12H2,1-2H3,(H,23,26)/t14-/m1/s1. The number of ether oxygens (including phenoxy) is 2. The molecular weight excluding hydrogens is 354 g/mol. The molecule has 1 aromatic carbocycles. The van der Waals surface area contributed by atoms with E-state index >= 15 is 0 Å². The van der Waals surface area contributed by atoms with Crippen molar-refractivity contribution in [2.75, 3.05) is 18.0 Å². The van der Waals surface area contributed by atoms with E-state index in [9.17, 15) is 4.79 Å². The predicted molar refractivity (Wildman–Crippen MR) is 106 cm³/mol. The Balaban J connectivity index is 1.24. The normalized spacial score (nSPS) is 21.4. The van der Waals surface area contributed by atoms with Gasteiger partial charge in [0.05, 0.1) is 30.5 Å². The van der Waals surface area contributed by atoms with Gasteiger partial charge in [-0.3, -0.25) is 4.79 Å². The minimum absolute atomic E-state index is 0.0154. The molecule has 1 saturated heterocycles. The van der Waals surface area contributed by atoms with E-state index in [0.717, 1.165) is 54.3 Å². The van der Waals surface area contributed by atoms with Gasteiger partial charge in [-0.05, 0) is 48.7 Å². The zero-order chi connectivity index (χ0) is 19.3. The molecule has 3 aliphatic rings. The van der Waals surface area contributed by atoms with Crippen LogP contribution < -0.4 is 15.0 Å². The molecule has 1 N–H and O–H groups in total. The molecule has 1 fully saturated rings. The molecule has 0 saturated carbocycles. The first-order valence-electron chi connectivity index (χ1n) is 10.0. The SMILES string of the molecule is Cc1cc2c(nc1N1CCC(Oc3ccc4c(c3)CO[C@@H]4C)CC1)CNC2=O. The molecule has 146 valence electrons. The molecule has 1 atom stereocenters. The van der Waals surface area contributed by atoms with Crippen LogP contribution in [-0.4, -0.2) is 30.1 Å². The topological polar surface area (TPSA) is 63.7 Å². The van der Waals surface area contributed by atoms with Gasteiger partial charge in [-0.25, -0.2) is 4.98 Å². The molecular formula is C22H25N3O3. The Morgan fingerprint density at radius 2 is 2.07 bits per heavy atom. The van der Waals surface area contributed by atoms with Crippen molar-refractivity contribution in [3.8, 4) is 5.75 Å². The van der Waals surface area contributed by atoms with E-state index in [-0.39, 0.29) is 18.1 Å². The zero-order valence-corrected chi connectivity index (χ0v) is 16.3. The number of nitrogens with zero attached hydrogens (tertiary/aromatic N) is 2. The van der Waals surface area contributed by atoms with Gasteiger partial charge in [0.2, 0.25) is 0 Å². The molecule has 28 heavy (non-hydrogen) atoms. The number of benzene rings is 1. The van der Waals surface area contributed by atoms with Crippen LogP contribution in [0, 0.1) is 6.92 Å². The maximum absolute atomic E-state index is 11.8. The predicted octanol–water partition coefficient (Wildman–Crippen LogP) is 3.27. The average molecular weight is 379 g/mol. The lowest BCUT2D eigenvalue weighted by Gasteiger charge is -2.34. The van der Waals surface area contributed by atoms with Crippen molar-refractivity contribution < 1.29 is 14.3 Å². The summed E-state index contributed by atoms with van der Waals surface area (Å²) in [6.45, 7) is 7.13. The van der Waals surface area contributed by atoms with E-state index in [1.807, 2.05) is 13.0 Å². The lowest BCUT2D eigenvalue weighted by atomic mass is 10.0. The van der Waals surface area contributed by atoms with Crippen molar-refractivity contribution in [2.24, 2.45) is 0 Å². The van der Waals surface area contributed by atoms with Crippen LogP contribution in [0.4, 0.5) is 5.82 Å². The average Bonchev–Trinajstić information content (AvgIpc) is 3.25. The number of amides is 1. The second-order valence-corrected chi connectivity index (χ2v) is 7.92. The van der Waals surface area contributed by atoms with E-state index in [4.69, 9.17) is 14.5 Å². The van der Waals surface area contributed by atoms with E-state index in [2.05, 4.69) is 35.3 Å². The Bertz CT molecular complexity index is 935. The van der Waals surface area contributed by atoms with Crippen molar-refractivity contribution in [1.82, 2.24) is 10.3 Å². The molecule has 3 aliphatic heterocycles. The Morgan fingerprint density at radius 3 is 2.89 bits per heavy atom. The summed E-state index contributed by atoms with van der Waals surface area (Å²) in [5.41, 5.74) is 5.15. The molecule has 0 bridgehead atoms. The van der Waals surface area contributed by atoms with Crippen LogP contribution >= 0.6 is 0 Å². The van der Waals surface area contributed by atoms with Gasteiger partial charge >= 0.3 is 0 Å². The number of hydrogen-bond donors (Lipinski definition) is 1. The highest BCUT2D eigenvalue weighted by Gasteiger charge is 2.27. The Labute approximate surface area is 164 Å². The Hall–Kier alpha value is -2.60. The molecule has 2 aromatic rings. The third-order valence-corrected chi connectivity index (χ3v) is 6.01. The van der Waals surface area contributed by atoms with Gasteiger partial charge in [0, 0.05) is 25.9 Å². The lowest BCUT2D eigenvalue weighted by Crippen LogP contribution is -2.39. The van der Waals surface area contributed by atoms with Gasteiger partial charge < -0.3 is 19.7 Å². The highest BCUT2D eigenvalue weighted by molar-refractivity contribution is 5.98. The zero-order valence-electron chi connectivity index (χ0n) is 16.3. The van der Waals surface area contributed by atoms with Crippen molar-refractivity contribution in [3.05, 3.63) is 52.2 Å². The van der Waals surface area contributed by atoms with Crippen LogP contribution in [0.15, 0.2) is 24.3 Å². The minimum atomic E-state index is -0.0154. The fraction of sp³-hybridized carbons (Fsp3) is 0.455. The maximum atomic E-state index is 11.8. The molecule has 6 nitrogen and oxygen atoms in total. The molecule has 6 heteroatoms. The Kier molecular flexibility index (Phi) is 4.23. The number of carbonyl (C=O) groups excluding carboxylic acids is 1. The van der Waals surface area contributed by atoms with E-state index in [1.165, 1.54) is 11.1 Å². The molecule has 0 unspecified atom stereocenters. The van der Waals surface area contributed by atoms with Crippen molar-refractivity contribution >= 4 is 11.7 Å². The first-order valence-corrected chi connectivity index (χ1v) is 10.0. The largest absolute Gasteiger partial charge is 0.490 e. The fourth-order valence-corrected chi connectivity index (χ4v) is 4.41. The van der Waals surface area contributed by atoms with E-state index < -0.39 is 0 Å². The summed E-state index contributed by atoms with van der Waals surface area (Å²) in [5.74, 6) is 1.92. The van der Waals surface area contributed by atoms with Crippen LogP contribution in [0.5, 0.6) is 5.75 Å². The summed E-state index contributed by atoms with van der Waals surface area (Å²) >= 11 is 0. The van der Waals surface area contributed by atoms with Gasteiger partial charge in [-0.1, -0.05) is 6.07 Å². The molecule has 0 spiro atoms. The quantitative estimate of drug-likeness (QED) is 0.887. The van der Waals surface area contributed by atoms with Crippen molar-refractivity contribution in [3.63, 3.8) is 0 Å². The van der Waals surface area contributed by atoms with Crippen LogP contribution in [0.3, 0.4) is 0 Å². The van der Waals surface area contributed by atoms with Crippen molar-refractivity contribution in [1.29, 1.82) is 0 Å². The molecule has 0 radical (unpaired) electrons. The summed E-state index contributed by atoms with van der Waals surface area (Å²) in [5, 5.41) is 2.85. The summed E-state index contributed by atoms with van der Waals surface area (Å²) in [6, 6.07) is 8.29. The minimum Gasteiger partial charge on any atom is -0.490 e. The number of aromatic nitrogens is 1. The second-order valence-electron chi connectivity index (χ2n) is 7.92. The maximum Gasteiger partial charge on any atom is 0.253 e. The highest BCUT2D eigenvalue weighted by atomic mass is 16.5. The number of nitrogens with one attached hydrogen (secondary N) is 1. The van der Waals surface area contributed by atoms with Crippen LogP contribution in [0.1, 0.15) is 58.6 Å². The number of pyridine rings is 1. The summed E-state index contributed by atoms with van der Waals surface area (Å²) in [4.78, 5) is 18.9. The molecule has 1 aromatic heterocycles. The number of anilines is 1. The van der Waals surface area contributed by atoms with Crippen LogP contribution in [0.2, 0.25) is 0 Å². The molecule has 4 heterocycles.